The fraction of sp³-hybridized carbons (Fsp3) is 0.375. The Morgan fingerprint density at radius 1 is 1.33 bits per heavy atom. The standard InChI is InChI=1S/C8H8ClNO2/c9-7-2-1-6(5-10-7)8-11-3-4-12-8/h1-2,5,8H,3-4H2. The first-order chi connectivity index (χ1) is 5.86. The van der Waals surface area contributed by atoms with E-state index in [-0.39, 0.29) is 6.29 Å². The van der Waals surface area contributed by atoms with E-state index >= 15 is 0 Å². The molecule has 0 amide bonds. The Balaban J connectivity index is 2.17. The van der Waals surface area contributed by atoms with Crippen LogP contribution in [-0.2, 0) is 9.47 Å². The lowest BCUT2D eigenvalue weighted by atomic mass is 10.3. The Morgan fingerprint density at radius 2 is 2.08 bits per heavy atom. The topological polar surface area (TPSA) is 31.4 Å². The van der Waals surface area contributed by atoms with Crippen LogP contribution in [0.2, 0.25) is 5.15 Å². The summed E-state index contributed by atoms with van der Waals surface area (Å²) in [5, 5.41) is 0.483. The van der Waals surface area contributed by atoms with Crippen LogP contribution in [-0.4, -0.2) is 18.2 Å². The van der Waals surface area contributed by atoms with Gasteiger partial charge in [0.1, 0.15) is 5.15 Å². The van der Waals surface area contributed by atoms with Crippen molar-refractivity contribution in [2.75, 3.05) is 13.2 Å². The molecule has 1 aromatic rings. The van der Waals surface area contributed by atoms with E-state index in [0.717, 1.165) is 5.56 Å². The Morgan fingerprint density at radius 3 is 2.67 bits per heavy atom. The maximum Gasteiger partial charge on any atom is 0.185 e. The van der Waals surface area contributed by atoms with Gasteiger partial charge in [-0.1, -0.05) is 11.6 Å². The number of pyridine rings is 1. The fourth-order valence-corrected chi connectivity index (χ4v) is 1.19. The third-order valence-corrected chi connectivity index (χ3v) is 1.87. The maximum absolute atomic E-state index is 5.63. The van der Waals surface area contributed by atoms with Gasteiger partial charge < -0.3 is 9.47 Å². The molecule has 0 radical (unpaired) electrons. The van der Waals surface area contributed by atoms with E-state index in [4.69, 9.17) is 21.1 Å². The highest BCUT2D eigenvalue weighted by Gasteiger charge is 2.17. The first-order valence-electron chi connectivity index (χ1n) is 3.71. The zero-order valence-corrected chi connectivity index (χ0v) is 7.12. The SMILES string of the molecule is Clc1ccc(C2OCCO2)cn1. The van der Waals surface area contributed by atoms with Gasteiger partial charge in [0.2, 0.25) is 0 Å². The van der Waals surface area contributed by atoms with E-state index in [9.17, 15) is 0 Å². The Hall–Kier alpha value is -0.640. The van der Waals surface area contributed by atoms with Crippen molar-refractivity contribution in [3.05, 3.63) is 29.0 Å². The van der Waals surface area contributed by atoms with Crippen LogP contribution in [0.4, 0.5) is 0 Å². The molecule has 1 aliphatic heterocycles. The second kappa shape index (κ2) is 3.39. The zero-order chi connectivity index (χ0) is 8.39. The largest absolute Gasteiger partial charge is 0.346 e. The molecule has 0 atom stereocenters. The van der Waals surface area contributed by atoms with Gasteiger partial charge in [-0.05, 0) is 12.1 Å². The van der Waals surface area contributed by atoms with Crippen LogP contribution in [0.15, 0.2) is 18.3 Å². The van der Waals surface area contributed by atoms with Crippen LogP contribution in [0.1, 0.15) is 11.9 Å². The smallest absolute Gasteiger partial charge is 0.185 e. The van der Waals surface area contributed by atoms with Crippen LogP contribution in [0.3, 0.4) is 0 Å². The molecule has 0 spiro atoms. The normalized spacial score (nSPS) is 18.4. The molecule has 0 bridgehead atoms. The molecule has 1 fully saturated rings. The summed E-state index contributed by atoms with van der Waals surface area (Å²) in [6.45, 7) is 1.29. The van der Waals surface area contributed by atoms with Gasteiger partial charge in [0, 0.05) is 11.8 Å². The van der Waals surface area contributed by atoms with Crippen LogP contribution in [0, 0.1) is 0 Å². The highest BCUT2D eigenvalue weighted by atomic mass is 35.5. The van der Waals surface area contributed by atoms with Gasteiger partial charge in [0.05, 0.1) is 13.2 Å². The highest BCUT2D eigenvalue weighted by molar-refractivity contribution is 6.29. The molecule has 1 aromatic heterocycles. The van der Waals surface area contributed by atoms with Gasteiger partial charge in [0.15, 0.2) is 6.29 Å². The summed E-state index contributed by atoms with van der Waals surface area (Å²) < 4.78 is 10.5. The van der Waals surface area contributed by atoms with Gasteiger partial charge >= 0.3 is 0 Å². The molecule has 1 saturated heterocycles. The minimum atomic E-state index is -0.255. The number of halogens is 1. The second-order valence-electron chi connectivity index (χ2n) is 2.49. The van der Waals surface area contributed by atoms with E-state index in [1.165, 1.54) is 0 Å². The van der Waals surface area contributed by atoms with Gasteiger partial charge in [-0.3, -0.25) is 0 Å². The molecule has 4 heteroatoms. The molecule has 12 heavy (non-hydrogen) atoms. The third kappa shape index (κ3) is 1.58. The summed E-state index contributed by atoms with van der Waals surface area (Å²) in [6, 6.07) is 3.58. The summed E-state index contributed by atoms with van der Waals surface area (Å²) in [5.41, 5.74) is 0.914. The average molecular weight is 186 g/mol. The predicted octanol–water partition coefficient (Wildman–Crippen LogP) is 1.78. The molecule has 64 valence electrons. The van der Waals surface area contributed by atoms with Crippen molar-refractivity contribution in [2.45, 2.75) is 6.29 Å². The first kappa shape index (κ1) is 7.98. The molecule has 0 aromatic carbocycles. The van der Waals surface area contributed by atoms with Crippen molar-refractivity contribution in [3.8, 4) is 0 Å². The number of ether oxygens (including phenoxy) is 2. The summed E-state index contributed by atoms with van der Waals surface area (Å²) in [7, 11) is 0. The van der Waals surface area contributed by atoms with Crippen LogP contribution < -0.4 is 0 Å². The number of hydrogen-bond donors (Lipinski definition) is 0. The van der Waals surface area contributed by atoms with Gasteiger partial charge in [-0.2, -0.15) is 0 Å². The number of nitrogens with zero attached hydrogens (tertiary/aromatic N) is 1. The summed E-state index contributed by atoms with van der Waals surface area (Å²) in [4.78, 5) is 3.93. The zero-order valence-electron chi connectivity index (χ0n) is 6.37. The lowest BCUT2D eigenvalue weighted by Crippen LogP contribution is -1.97. The molecule has 0 unspecified atom stereocenters. The molecule has 1 aliphatic rings. The predicted molar refractivity (Wildman–Crippen MR) is 43.9 cm³/mol. The molecular weight excluding hydrogens is 178 g/mol. The van der Waals surface area contributed by atoms with E-state index in [0.29, 0.717) is 18.4 Å². The third-order valence-electron chi connectivity index (χ3n) is 1.64. The molecule has 2 heterocycles. The monoisotopic (exact) mass is 185 g/mol. The van der Waals surface area contributed by atoms with Crippen molar-refractivity contribution in [1.82, 2.24) is 4.98 Å². The van der Waals surface area contributed by atoms with E-state index in [2.05, 4.69) is 4.98 Å². The van der Waals surface area contributed by atoms with Crippen molar-refractivity contribution in [2.24, 2.45) is 0 Å². The Bertz CT molecular complexity index is 256. The quantitative estimate of drug-likeness (QED) is 0.625. The van der Waals surface area contributed by atoms with Gasteiger partial charge in [0.25, 0.3) is 0 Å². The Kier molecular flexibility index (Phi) is 2.26. The van der Waals surface area contributed by atoms with Crippen LogP contribution in [0.5, 0.6) is 0 Å². The van der Waals surface area contributed by atoms with E-state index in [1.807, 2.05) is 6.07 Å². The molecular formula is C8H8ClNO2. The minimum Gasteiger partial charge on any atom is -0.346 e. The summed E-state index contributed by atoms with van der Waals surface area (Å²) in [5.74, 6) is 0. The van der Waals surface area contributed by atoms with Crippen molar-refractivity contribution in [1.29, 1.82) is 0 Å². The van der Waals surface area contributed by atoms with Crippen LogP contribution >= 0.6 is 11.6 Å². The molecule has 0 aliphatic carbocycles. The van der Waals surface area contributed by atoms with E-state index in [1.54, 1.807) is 12.3 Å². The lowest BCUT2D eigenvalue weighted by Gasteiger charge is -2.07. The number of hydrogen-bond acceptors (Lipinski definition) is 3. The minimum absolute atomic E-state index is 0.255. The number of rotatable bonds is 1. The first-order valence-corrected chi connectivity index (χ1v) is 4.09. The van der Waals surface area contributed by atoms with Gasteiger partial charge in [-0.25, -0.2) is 4.98 Å². The summed E-state index contributed by atoms with van der Waals surface area (Å²) >= 11 is 5.63. The highest BCUT2D eigenvalue weighted by Crippen LogP contribution is 2.22. The van der Waals surface area contributed by atoms with Gasteiger partial charge in [-0.15, -0.1) is 0 Å². The molecule has 2 rings (SSSR count). The molecule has 3 nitrogen and oxygen atoms in total. The van der Waals surface area contributed by atoms with Crippen molar-refractivity contribution >= 4 is 11.6 Å². The summed E-state index contributed by atoms with van der Waals surface area (Å²) in [6.07, 6.45) is 1.41. The maximum atomic E-state index is 5.63. The van der Waals surface area contributed by atoms with Crippen LogP contribution in [0.25, 0.3) is 0 Å². The van der Waals surface area contributed by atoms with Crippen molar-refractivity contribution in [3.63, 3.8) is 0 Å². The molecule has 0 N–H and O–H groups in total. The van der Waals surface area contributed by atoms with Crippen molar-refractivity contribution < 1.29 is 9.47 Å². The lowest BCUT2D eigenvalue weighted by molar-refractivity contribution is -0.0443. The van der Waals surface area contributed by atoms with E-state index < -0.39 is 0 Å². The second-order valence-corrected chi connectivity index (χ2v) is 2.88. The average Bonchev–Trinajstić information content (AvgIpc) is 2.58. The number of aromatic nitrogens is 1. The fourth-order valence-electron chi connectivity index (χ4n) is 1.08. The molecule has 0 saturated carbocycles. The Labute approximate surface area is 75.3 Å².